The van der Waals surface area contributed by atoms with Crippen molar-refractivity contribution >= 4 is 0 Å². The molecule has 0 spiro atoms. The molecule has 15 heavy (non-hydrogen) atoms. The van der Waals surface area contributed by atoms with Gasteiger partial charge in [-0.1, -0.05) is 0 Å². The van der Waals surface area contributed by atoms with Crippen molar-refractivity contribution in [1.82, 2.24) is 0 Å². The summed E-state index contributed by atoms with van der Waals surface area (Å²) >= 11 is 0. The minimum Gasteiger partial charge on any atom is -0.374 e. The van der Waals surface area contributed by atoms with Crippen LogP contribution in [0.25, 0.3) is 0 Å². The van der Waals surface area contributed by atoms with Gasteiger partial charge in [0.1, 0.15) is 0 Å². The Bertz CT molecular complexity index is 358. The summed E-state index contributed by atoms with van der Waals surface area (Å²) in [6, 6.07) is 0. The van der Waals surface area contributed by atoms with Crippen molar-refractivity contribution < 1.29 is 16.3 Å². The molecule has 0 aliphatic heterocycles. The Morgan fingerprint density at radius 1 is 1.13 bits per heavy atom. The van der Waals surface area contributed by atoms with Gasteiger partial charge in [-0.3, -0.25) is 0 Å². The van der Waals surface area contributed by atoms with E-state index in [-0.39, 0.29) is 7.09 Å². The summed E-state index contributed by atoms with van der Waals surface area (Å²) in [5, 5.41) is 0. The Hall–Kier alpha value is -0.340. The monoisotopic (exact) mass is 219 g/mol. The summed E-state index contributed by atoms with van der Waals surface area (Å²) in [5.74, 6) is 0. The van der Waals surface area contributed by atoms with Crippen LogP contribution in [0.15, 0.2) is 11.1 Å². The number of hydrogen-bond acceptors (Lipinski definition) is 2. The summed E-state index contributed by atoms with van der Waals surface area (Å²) < 4.78 is 47.2. The van der Waals surface area contributed by atoms with Crippen LogP contribution < -0.4 is 0 Å². The van der Waals surface area contributed by atoms with Gasteiger partial charge in [0.15, 0.2) is 0 Å². The average Bonchev–Trinajstić information content (AvgIpc) is 2.24. The van der Waals surface area contributed by atoms with Crippen LogP contribution >= 0.6 is 0 Å². The molecule has 0 aromatic heterocycles. The molecule has 2 heteroatoms. The summed E-state index contributed by atoms with van der Waals surface area (Å²) in [7, 11) is -0.157. The molecule has 1 unspecified atom stereocenters. The van der Waals surface area contributed by atoms with E-state index in [4.69, 9.17) is 16.3 Å². The SMILES string of the molecule is [2H]COC(C)(C)/C(C)=C(/C)C(C)(C)OC([2H])C([2H])([2H])[2H]. The molecule has 90 valence electrons. The van der Waals surface area contributed by atoms with Crippen LogP contribution in [-0.2, 0) is 9.47 Å². The number of rotatable bonds is 5. The fraction of sp³-hybridized carbons (Fsp3) is 0.846. The molecule has 2 nitrogen and oxygen atoms in total. The Balaban J connectivity index is 5.28. The van der Waals surface area contributed by atoms with E-state index in [1.165, 1.54) is 0 Å². The standard InChI is InChI=1S/C13H26O2/c1-9-15-13(6,7)11(3)10(2)12(4,5)14-8/h9H2,1-8H3/b11-10-/i1D3,8D,9D. The van der Waals surface area contributed by atoms with Gasteiger partial charge in [0.2, 0.25) is 0 Å². The molecule has 0 rings (SSSR count). The van der Waals surface area contributed by atoms with Crippen molar-refractivity contribution in [2.75, 3.05) is 13.7 Å². The Labute approximate surface area is 102 Å². The van der Waals surface area contributed by atoms with Gasteiger partial charge in [-0.15, -0.1) is 0 Å². The topological polar surface area (TPSA) is 18.5 Å². The molecule has 0 aliphatic rings. The molecule has 0 N–H and O–H groups in total. The lowest BCUT2D eigenvalue weighted by Gasteiger charge is -2.33. The van der Waals surface area contributed by atoms with Gasteiger partial charge in [0.05, 0.1) is 13.9 Å². The Kier molecular flexibility index (Phi) is 2.69. The zero-order valence-electron chi connectivity index (χ0n) is 15.6. The maximum absolute atomic E-state index is 7.58. The van der Waals surface area contributed by atoms with Gasteiger partial charge >= 0.3 is 0 Å². The second-order valence-corrected chi connectivity index (χ2v) is 4.65. The predicted octanol–water partition coefficient (Wildman–Crippen LogP) is 3.56. The first-order valence-corrected chi connectivity index (χ1v) is 4.97. The molecule has 0 amide bonds. The zero-order chi connectivity index (χ0) is 16.4. The third kappa shape index (κ3) is 3.62. The molecule has 1 atom stereocenters. The highest BCUT2D eigenvalue weighted by molar-refractivity contribution is 5.25. The molecule has 0 aromatic carbocycles. The number of methoxy groups -OCH3 is 1. The zero-order valence-corrected chi connectivity index (χ0v) is 10.6. The molecule has 0 aliphatic carbocycles. The highest BCUT2D eigenvalue weighted by atomic mass is 16.5. The summed E-state index contributed by atoms with van der Waals surface area (Å²) in [4.78, 5) is 0. The highest BCUT2D eigenvalue weighted by Crippen LogP contribution is 2.30. The van der Waals surface area contributed by atoms with Gasteiger partial charge in [-0.25, -0.2) is 0 Å². The van der Waals surface area contributed by atoms with Crippen molar-refractivity contribution in [2.45, 2.75) is 59.6 Å². The molecule has 0 fully saturated rings. The maximum Gasteiger partial charge on any atom is 0.0836 e. The summed E-state index contributed by atoms with van der Waals surface area (Å²) in [6.45, 7) is 6.78. The lowest BCUT2D eigenvalue weighted by Crippen LogP contribution is -2.32. The molecule has 0 bridgehead atoms. The van der Waals surface area contributed by atoms with Crippen molar-refractivity contribution in [3.63, 3.8) is 0 Å². The predicted molar refractivity (Wildman–Crippen MR) is 65.2 cm³/mol. The van der Waals surface area contributed by atoms with Gasteiger partial charge in [0, 0.05) is 17.8 Å². The molecule has 0 saturated heterocycles. The van der Waals surface area contributed by atoms with Crippen LogP contribution in [0.2, 0.25) is 0 Å². The van der Waals surface area contributed by atoms with Crippen molar-refractivity contribution in [1.29, 1.82) is 0 Å². The fourth-order valence-electron chi connectivity index (χ4n) is 1.25. The summed E-state index contributed by atoms with van der Waals surface area (Å²) in [6.07, 6.45) is 0. The normalized spacial score (nSPS) is 22.9. The largest absolute Gasteiger partial charge is 0.374 e. The van der Waals surface area contributed by atoms with E-state index >= 15 is 0 Å². The third-order valence-corrected chi connectivity index (χ3v) is 3.08. The van der Waals surface area contributed by atoms with E-state index in [0.29, 0.717) is 0 Å². The molecule has 0 aromatic rings. The van der Waals surface area contributed by atoms with Gasteiger partial charge < -0.3 is 9.47 Å². The minimum atomic E-state index is -2.47. The maximum atomic E-state index is 7.58. The van der Waals surface area contributed by atoms with Crippen molar-refractivity contribution in [2.24, 2.45) is 0 Å². The molecule has 0 heterocycles. The van der Waals surface area contributed by atoms with E-state index in [1.54, 1.807) is 13.8 Å². The molecular formula is C13H26O2. The minimum absolute atomic E-state index is 0.157. The highest BCUT2D eigenvalue weighted by Gasteiger charge is 2.28. The first kappa shape index (κ1) is 7.86. The second-order valence-electron chi connectivity index (χ2n) is 4.65. The Morgan fingerprint density at radius 2 is 1.67 bits per heavy atom. The van der Waals surface area contributed by atoms with Crippen molar-refractivity contribution in [3.05, 3.63) is 11.1 Å². The molecular weight excluding hydrogens is 188 g/mol. The second kappa shape index (κ2) is 5.13. The average molecular weight is 219 g/mol. The van der Waals surface area contributed by atoms with E-state index < -0.39 is 24.6 Å². The third-order valence-electron chi connectivity index (χ3n) is 3.08. The Morgan fingerprint density at radius 3 is 2.13 bits per heavy atom. The number of hydrogen-bond donors (Lipinski definition) is 0. The van der Waals surface area contributed by atoms with Crippen LogP contribution in [0.3, 0.4) is 0 Å². The lowest BCUT2D eigenvalue weighted by molar-refractivity contribution is 0.0110. The van der Waals surface area contributed by atoms with E-state index in [2.05, 4.69) is 0 Å². The van der Waals surface area contributed by atoms with Crippen LogP contribution in [0.4, 0.5) is 0 Å². The van der Waals surface area contributed by atoms with E-state index in [0.717, 1.165) is 11.1 Å². The van der Waals surface area contributed by atoms with Crippen molar-refractivity contribution in [3.8, 4) is 0 Å². The van der Waals surface area contributed by atoms with Crippen LogP contribution in [0.1, 0.15) is 55.2 Å². The van der Waals surface area contributed by atoms with Gasteiger partial charge in [-0.05, 0) is 59.5 Å². The smallest absolute Gasteiger partial charge is 0.0836 e. The molecule has 0 radical (unpaired) electrons. The van der Waals surface area contributed by atoms with E-state index in [9.17, 15) is 0 Å². The van der Waals surface area contributed by atoms with Gasteiger partial charge in [-0.2, -0.15) is 0 Å². The fourth-order valence-corrected chi connectivity index (χ4v) is 1.25. The lowest BCUT2D eigenvalue weighted by atomic mass is 9.87. The quantitative estimate of drug-likeness (QED) is 0.658. The van der Waals surface area contributed by atoms with Crippen LogP contribution in [-0.4, -0.2) is 24.9 Å². The van der Waals surface area contributed by atoms with Crippen LogP contribution in [0, 0.1) is 0 Å². The summed E-state index contributed by atoms with van der Waals surface area (Å²) in [5.41, 5.74) is 0.141. The first-order chi connectivity index (χ1) is 8.75. The van der Waals surface area contributed by atoms with Crippen LogP contribution in [0.5, 0.6) is 0 Å². The van der Waals surface area contributed by atoms with Gasteiger partial charge in [0.25, 0.3) is 0 Å². The first-order valence-electron chi connectivity index (χ1n) is 7.76. The van der Waals surface area contributed by atoms with E-state index in [1.807, 2.05) is 27.7 Å². The molecule has 0 saturated carbocycles. The number of ether oxygens (including phenoxy) is 2.